The Morgan fingerprint density at radius 3 is 2.26 bits per heavy atom. The van der Waals surface area contributed by atoms with E-state index in [1.54, 1.807) is 6.20 Å². The lowest BCUT2D eigenvalue weighted by Crippen LogP contribution is -2.58. The number of amides is 4. The molecule has 4 atom stereocenters. The summed E-state index contributed by atoms with van der Waals surface area (Å²) >= 11 is 0. The summed E-state index contributed by atoms with van der Waals surface area (Å²) in [6, 6.07) is 2.38. The summed E-state index contributed by atoms with van der Waals surface area (Å²) in [5.74, 6) is -4.54. The highest BCUT2D eigenvalue weighted by atomic mass is 16.4. The maximum atomic E-state index is 12.7. The topological polar surface area (TPSA) is 230 Å². The van der Waals surface area contributed by atoms with E-state index in [-0.39, 0.29) is 19.3 Å². The molecule has 0 aliphatic carbocycles. The summed E-state index contributed by atoms with van der Waals surface area (Å²) in [7, 11) is 0. The van der Waals surface area contributed by atoms with Gasteiger partial charge in [0, 0.05) is 23.5 Å². The molecule has 0 saturated heterocycles. The fourth-order valence-electron chi connectivity index (χ4n) is 3.31. The first-order chi connectivity index (χ1) is 16.5. The van der Waals surface area contributed by atoms with Crippen molar-refractivity contribution in [3.05, 3.63) is 36.0 Å². The number of aromatic nitrogens is 1. The number of aromatic amines is 1. The monoisotopic (exact) mass is 490 g/mol. The van der Waals surface area contributed by atoms with E-state index in [1.165, 1.54) is 6.92 Å². The van der Waals surface area contributed by atoms with Crippen LogP contribution in [-0.2, 0) is 30.4 Å². The number of fused-ring (bicyclic) bond motifs is 1. The highest BCUT2D eigenvalue weighted by molar-refractivity contribution is 5.94. The zero-order valence-electron chi connectivity index (χ0n) is 19.1. The largest absolute Gasteiger partial charge is 0.480 e. The van der Waals surface area contributed by atoms with Crippen LogP contribution in [0.2, 0.25) is 0 Å². The molecule has 13 heteroatoms. The van der Waals surface area contributed by atoms with Gasteiger partial charge in [0.25, 0.3) is 0 Å². The number of nitrogens with one attached hydrogen (secondary N) is 4. The summed E-state index contributed by atoms with van der Waals surface area (Å²) in [6.07, 6.45) is 1.40. The smallest absolute Gasteiger partial charge is 0.325 e. The lowest BCUT2D eigenvalue weighted by molar-refractivity contribution is -0.142. The number of nitrogens with two attached hydrogens (primary N) is 2. The van der Waals surface area contributed by atoms with E-state index in [0.29, 0.717) is 0 Å². The number of carboxylic acids is 1. The number of carbonyl (C=O) groups excluding carboxylic acids is 4. The Kier molecular flexibility index (Phi) is 9.73. The molecule has 0 aliphatic rings. The molecule has 0 bridgehead atoms. The first-order valence-electron chi connectivity index (χ1n) is 10.9. The molecule has 190 valence electrons. The Hall–Kier alpha value is -3.97. The van der Waals surface area contributed by atoms with Crippen LogP contribution in [-0.4, -0.2) is 75.6 Å². The van der Waals surface area contributed by atoms with E-state index in [4.69, 9.17) is 16.6 Å². The van der Waals surface area contributed by atoms with Gasteiger partial charge in [0.2, 0.25) is 23.6 Å². The molecule has 1 aromatic heterocycles. The minimum absolute atomic E-state index is 0.159. The average molecular weight is 491 g/mol. The van der Waals surface area contributed by atoms with Gasteiger partial charge in [-0.3, -0.25) is 24.0 Å². The van der Waals surface area contributed by atoms with Gasteiger partial charge in [-0.2, -0.15) is 0 Å². The van der Waals surface area contributed by atoms with Gasteiger partial charge in [0.05, 0.1) is 12.6 Å². The van der Waals surface area contributed by atoms with Crippen LogP contribution in [0.15, 0.2) is 30.5 Å². The molecular weight excluding hydrogens is 460 g/mol. The van der Waals surface area contributed by atoms with E-state index in [1.807, 2.05) is 24.3 Å². The lowest BCUT2D eigenvalue weighted by atomic mass is 10.0. The minimum atomic E-state index is -1.45. The number of benzene rings is 1. The highest BCUT2D eigenvalue weighted by Crippen LogP contribution is 2.18. The molecule has 2 rings (SSSR count). The van der Waals surface area contributed by atoms with Gasteiger partial charge in [-0.15, -0.1) is 0 Å². The predicted octanol–water partition coefficient (Wildman–Crippen LogP) is -2.15. The fourth-order valence-corrected chi connectivity index (χ4v) is 3.31. The number of carbonyl (C=O) groups is 5. The van der Waals surface area contributed by atoms with E-state index >= 15 is 0 Å². The quantitative estimate of drug-likeness (QED) is 0.154. The SMILES string of the molecule is CC(NC(=O)C(CCC(N)=O)NC(=O)C(CO)NC(=O)C(N)Cc1c[nH]c2ccccc12)C(=O)O. The maximum absolute atomic E-state index is 12.7. The van der Waals surface area contributed by atoms with Crippen LogP contribution < -0.4 is 27.4 Å². The lowest BCUT2D eigenvalue weighted by Gasteiger charge is -2.23. The van der Waals surface area contributed by atoms with Gasteiger partial charge < -0.3 is 42.6 Å². The third-order valence-corrected chi connectivity index (χ3v) is 5.31. The number of aliphatic carboxylic acids is 1. The van der Waals surface area contributed by atoms with Crippen LogP contribution in [0.25, 0.3) is 10.9 Å². The van der Waals surface area contributed by atoms with Gasteiger partial charge in [-0.25, -0.2) is 0 Å². The van der Waals surface area contributed by atoms with Crippen LogP contribution >= 0.6 is 0 Å². The van der Waals surface area contributed by atoms with Gasteiger partial charge in [-0.1, -0.05) is 18.2 Å². The van der Waals surface area contributed by atoms with E-state index in [9.17, 15) is 29.1 Å². The molecular formula is C22H30N6O7. The van der Waals surface area contributed by atoms with Crippen molar-refractivity contribution in [1.29, 1.82) is 0 Å². The number of hydrogen-bond acceptors (Lipinski definition) is 7. The van der Waals surface area contributed by atoms with Gasteiger partial charge >= 0.3 is 5.97 Å². The molecule has 0 spiro atoms. The maximum Gasteiger partial charge on any atom is 0.325 e. The number of carboxylic acid groups (broad SMARTS) is 1. The Bertz CT molecular complexity index is 1090. The number of rotatable bonds is 13. The van der Waals surface area contributed by atoms with Crippen molar-refractivity contribution < 1.29 is 34.2 Å². The second-order valence-electron chi connectivity index (χ2n) is 8.05. The van der Waals surface area contributed by atoms with Crippen molar-refractivity contribution >= 4 is 40.5 Å². The molecule has 1 aromatic carbocycles. The summed E-state index contributed by atoms with van der Waals surface area (Å²) in [6.45, 7) is 0.423. The highest BCUT2D eigenvalue weighted by Gasteiger charge is 2.29. The first kappa shape index (κ1) is 27.3. The number of aliphatic hydroxyl groups excluding tert-OH is 1. The van der Waals surface area contributed by atoms with Gasteiger partial charge in [0.15, 0.2) is 0 Å². The standard InChI is InChI=1S/C22H30N6O7/c1-11(22(34)35)26-20(32)16(6-7-18(24)30)27-21(33)17(10-29)28-19(31)14(23)8-12-9-25-15-5-3-2-4-13(12)15/h2-5,9,11,14,16-17,25,29H,6-8,10,23H2,1H3,(H2,24,30)(H,26,32)(H,27,33)(H,28,31)(H,34,35). The normalized spacial score (nSPS) is 14.4. The molecule has 4 amide bonds. The van der Waals surface area contributed by atoms with Gasteiger partial charge in [-0.05, 0) is 31.4 Å². The molecule has 2 aromatic rings. The second kappa shape index (κ2) is 12.5. The molecule has 4 unspecified atom stereocenters. The zero-order valence-corrected chi connectivity index (χ0v) is 19.1. The van der Waals surface area contributed by atoms with Crippen molar-refractivity contribution in [2.24, 2.45) is 11.5 Å². The van der Waals surface area contributed by atoms with Crippen LogP contribution in [0.4, 0.5) is 0 Å². The van der Waals surface area contributed by atoms with Crippen molar-refractivity contribution in [1.82, 2.24) is 20.9 Å². The molecule has 10 N–H and O–H groups in total. The Morgan fingerprint density at radius 1 is 1.00 bits per heavy atom. The van der Waals surface area contributed by atoms with Crippen LogP contribution in [0.3, 0.4) is 0 Å². The van der Waals surface area contributed by atoms with Crippen molar-refractivity contribution in [3.63, 3.8) is 0 Å². The van der Waals surface area contributed by atoms with E-state index in [2.05, 4.69) is 20.9 Å². The van der Waals surface area contributed by atoms with Crippen molar-refractivity contribution in [3.8, 4) is 0 Å². The van der Waals surface area contributed by atoms with Crippen LogP contribution in [0, 0.1) is 0 Å². The number of para-hydroxylation sites is 1. The van der Waals surface area contributed by atoms with Crippen molar-refractivity contribution in [2.45, 2.75) is 50.4 Å². The molecule has 0 fully saturated rings. The minimum Gasteiger partial charge on any atom is -0.480 e. The molecule has 35 heavy (non-hydrogen) atoms. The molecule has 13 nitrogen and oxygen atoms in total. The number of H-pyrrole nitrogens is 1. The number of primary amides is 1. The fraction of sp³-hybridized carbons (Fsp3) is 0.409. The van der Waals surface area contributed by atoms with Gasteiger partial charge in [0.1, 0.15) is 18.1 Å². The first-order valence-corrected chi connectivity index (χ1v) is 10.9. The Labute approximate surface area is 200 Å². The molecule has 0 aliphatic heterocycles. The zero-order chi connectivity index (χ0) is 26.1. The van der Waals surface area contributed by atoms with E-state index in [0.717, 1.165) is 16.5 Å². The third kappa shape index (κ3) is 7.79. The van der Waals surface area contributed by atoms with Crippen LogP contribution in [0.1, 0.15) is 25.3 Å². The summed E-state index contributed by atoms with van der Waals surface area (Å²) in [4.78, 5) is 62.9. The van der Waals surface area contributed by atoms with Crippen molar-refractivity contribution in [2.75, 3.05) is 6.61 Å². The van der Waals surface area contributed by atoms with E-state index < -0.39 is 60.4 Å². The second-order valence-corrected chi connectivity index (χ2v) is 8.05. The Morgan fingerprint density at radius 2 is 1.63 bits per heavy atom. The number of aliphatic hydroxyl groups is 1. The summed E-state index contributed by atoms with van der Waals surface area (Å²) < 4.78 is 0. The predicted molar refractivity (Wildman–Crippen MR) is 125 cm³/mol. The summed E-state index contributed by atoms with van der Waals surface area (Å²) in [5.41, 5.74) is 12.8. The molecule has 0 radical (unpaired) electrons. The Balaban J connectivity index is 2.03. The third-order valence-electron chi connectivity index (χ3n) is 5.31. The summed E-state index contributed by atoms with van der Waals surface area (Å²) in [5, 5.41) is 26.3. The van der Waals surface area contributed by atoms with Crippen LogP contribution in [0.5, 0.6) is 0 Å². The molecule has 1 heterocycles. The molecule has 0 saturated carbocycles. The number of hydrogen-bond donors (Lipinski definition) is 8. The average Bonchev–Trinajstić information content (AvgIpc) is 3.22.